The van der Waals surface area contributed by atoms with Crippen LogP contribution in [0, 0.1) is 10.1 Å². The number of para-hydroxylation sites is 2. The zero-order valence-electron chi connectivity index (χ0n) is 6.98. The summed E-state index contributed by atoms with van der Waals surface area (Å²) in [4.78, 5) is 10.1. The number of nitro groups is 1. The summed E-state index contributed by atoms with van der Waals surface area (Å²) < 4.78 is 3.61. The van der Waals surface area contributed by atoms with Crippen molar-refractivity contribution in [3.8, 4) is 0 Å². The monoisotopic (exact) mass is 306 g/mol. The number of hydrogen-bond donors (Lipinski definition) is 2. The van der Waals surface area contributed by atoms with E-state index in [0.29, 0.717) is 5.69 Å². The highest BCUT2D eigenvalue weighted by atomic mass is 127. The van der Waals surface area contributed by atoms with E-state index in [-0.39, 0.29) is 11.6 Å². The molecule has 1 aromatic carbocycles. The molecule has 0 aliphatic heterocycles. The van der Waals surface area contributed by atoms with E-state index in [0.717, 1.165) is 0 Å². The molecular weight excluding hydrogens is 299 g/mol. The lowest BCUT2D eigenvalue weighted by molar-refractivity contribution is -0.383. The molecule has 0 amide bonds. The summed E-state index contributed by atoms with van der Waals surface area (Å²) in [5.74, 6) is 0.125. The number of hydrogen-bond acceptors (Lipinski definition) is 3. The minimum absolute atomic E-state index is 0.0319. The molecule has 0 radical (unpaired) electrons. The van der Waals surface area contributed by atoms with E-state index < -0.39 is 4.92 Å². The molecule has 0 aliphatic rings. The van der Waals surface area contributed by atoms with Gasteiger partial charge in [0, 0.05) is 6.07 Å². The second-order valence-corrected chi connectivity index (χ2v) is 2.85. The Morgan fingerprint density at radius 2 is 2.21 bits per heavy atom. The summed E-state index contributed by atoms with van der Waals surface area (Å²) in [6.07, 6.45) is 0. The molecule has 0 saturated heterocycles. The van der Waals surface area contributed by atoms with Crippen LogP contribution in [0.15, 0.2) is 27.5 Å². The summed E-state index contributed by atoms with van der Waals surface area (Å²) in [6, 6.07) is 6.21. The fraction of sp³-hybridized carbons (Fsp3) is 0. The number of benzene rings is 1. The van der Waals surface area contributed by atoms with Gasteiger partial charge in [0.05, 0.1) is 27.8 Å². The van der Waals surface area contributed by atoms with Crippen LogP contribution >= 0.6 is 22.9 Å². The Balaban J connectivity index is 3.02. The van der Waals surface area contributed by atoms with Gasteiger partial charge in [-0.2, -0.15) is 3.21 Å². The summed E-state index contributed by atoms with van der Waals surface area (Å²) in [6.45, 7) is 0. The number of guanidine groups is 1. The molecule has 74 valence electrons. The average Bonchev–Trinajstić information content (AvgIpc) is 2.18. The Kier molecular flexibility index (Phi) is 3.63. The van der Waals surface area contributed by atoms with Crippen molar-refractivity contribution < 1.29 is 4.92 Å². The van der Waals surface area contributed by atoms with E-state index in [2.05, 4.69) is 8.52 Å². The minimum Gasteiger partial charge on any atom is -0.369 e. The predicted octanol–water partition coefficient (Wildman–Crippen LogP) is 1.67. The second-order valence-electron chi connectivity index (χ2n) is 2.37. The highest BCUT2D eigenvalue weighted by molar-refractivity contribution is 14.1. The lowest BCUT2D eigenvalue weighted by Crippen LogP contribution is -2.21. The average molecular weight is 306 g/mol. The zero-order chi connectivity index (χ0) is 10.6. The van der Waals surface area contributed by atoms with Gasteiger partial charge in [-0.1, -0.05) is 12.1 Å². The third kappa shape index (κ3) is 2.55. The van der Waals surface area contributed by atoms with Crippen LogP contribution in [0.5, 0.6) is 0 Å². The first-order valence-electron chi connectivity index (χ1n) is 3.60. The standard InChI is InChI=1S/C7H7IN4O2/c8-11-7(9)10-5-3-1-2-4-6(5)12(13)14/h1-4H,(H3,9,10,11). The van der Waals surface area contributed by atoms with E-state index in [1.165, 1.54) is 6.07 Å². The maximum Gasteiger partial charge on any atom is 0.292 e. The molecule has 0 aliphatic carbocycles. The first-order chi connectivity index (χ1) is 6.65. The third-order valence-electron chi connectivity index (χ3n) is 1.45. The molecule has 7 heteroatoms. The highest BCUT2D eigenvalue weighted by Crippen LogP contribution is 2.22. The molecule has 1 rings (SSSR count). The van der Waals surface area contributed by atoms with Crippen LogP contribution in [-0.2, 0) is 0 Å². The minimum atomic E-state index is -0.483. The van der Waals surface area contributed by atoms with Crippen molar-refractivity contribution in [3.63, 3.8) is 0 Å². The Bertz CT molecular complexity index is 380. The van der Waals surface area contributed by atoms with E-state index in [1.54, 1.807) is 41.1 Å². The van der Waals surface area contributed by atoms with Gasteiger partial charge in [-0.15, -0.1) is 0 Å². The smallest absolute Gasteiger partial charge is 0.292 e. The summed E-state index contributed by atoms with van der Waals surface area (Å²) in [5, 5.41) is 13.2. The van der Waals surface area contributed by atoms with Crippen molar-refractivity contribution in [2.24, 2.45) is 8.94 Å². The first-order valence-corrected chi connectivity index (χ1v) is 4.56. The van der Waals surface area contributed by atoms with Gasteiger partial charge in [-0.05, 0) is 6.07 Å². The largest absolute Gasteiger partial charge is 0.369 e. The van der Waals surface area contributed by atoms with Crippen molar-refractivity contribution in [1.82, 2.24) is 0 Å². The van der Waals surface area contributed by atoms with Crippen LogP contribution in [0.1, 0.15) is 0 Å². The predicted molar refractivity (Wildman–Crippen MR) is 62.4 cm³/mol. The maximum atomic E-state index is 10.6. The molecule has 0 atom stereocenters. The van der Waals surface area contributed by atoms with Gasteiger partial charge in [0.15, 0.2) is 0 Å². The van der Waals surface area contributed by atoms with Crippen molar-refractivity contribution in [2.45, 2.75) is 0 Å². The van der Waals surface area contributed by atoms with Gasteiger partial charge >= 0.3 is 0 Å². The van der Waals surface area contributed by atoms with Gasteiger partial charge in [0.2, 0.25) is 5.96 Å². The summed E-state index contributed by atoms with van der Waals surface area (Å²) in [7, 11) is 0. The highest BCUT2D eigenvalue weighted by Gasteiger charge is 2.12. The van der Waals surface area contributed by atoms with Crippen LogP contribution in [0.3, 0.4) is 0 Å². The van der Waals surface area contributed by atoms with Crippen LogP contribution < -0.4 is 11.1 Å². The first kappa shape index (κ1) is 10.7. The Morgan fingerprint density at radius 1 is 1.57 bits per heavy atom. The van der Waals surface area contributed by atoms with E-state index >= 15 is 0 Å². The number of rotatable bonds is 2. The maximum absolute atomic E-state index is 10.6. The van der Waals surface area contributed by atoms with Crippen LogP contribution in [0.25, 0.3) is 0 Å². The second kappa shape index (κ2) is 4.74. The van der Waals surface area contributed by atoms with E-state index in [9.17, 15) is 10.1 Å². The number of anilines is 1. The number of nitrogens with zero attached hydrogens (tertiary/aromatic N) is 2. The Labute approximate surface area is 93.9 Å². The molecule has 0 bridgehead atoms. The molecule has 0 fully saturated rings. The van der Waals surface area contributed by atoms with Crippen LogP contribution in [-0.4, -0.2) is 10.9 Å². The molecule has 0 heterocycles. The molecule has 0 spiro atoms. The fourth-order valence-electron chi connectivity index (χ4n) is 0.898. The Morgan fingerprint density at radius 3 is 2.79 bits per heavy atom. The van der Waals surface area contributed by atoms with Gasteiger partial charge in [0.25, 0.3) is 5.69 Å². The molecular formula is C7H7IN4O2. The van der Waals surface area contributed by atoms with Gasteiger partial charge in [-0.3, -0.25) is 10.1 Å². The topological polar surface area (TPSA) is 93.5 Å². The van der Waals surface area contributed by atoms with Crippen LogP contribution in [0.2, 0.25) is 0 Å². The van der Waals surface area contributed by atoms with Crippen molar-refractivity contribution in [1.29, 1.82) is 0 Å². The SMILES string of the molecule is NC(=NI)Nc1ccccc1[N+](=O)[O-]. The lowest BCUT2D eigenvalue weighted by atomic mass is 10.3. The number of nitro benzene ring substituents is 1. The number of nitrogens with two attached hydrogens (primary N) is 1. The van der Waals surface area contributed by atoms with E-state index in [4.69, 9.17) is 5.73 Å². The Hall–Kier alpha value is -1.38. The molecule has 0 unspecified atom stereocenters. The lowest BCUT2D eigenvalue weighted by Gasteiger charge is -2.03. The van der Waals surface area contributed by atoms with Crippen molar-refractivity contribution >= 4 is 40.2 Å². The third-order valence-corrected chi connectivity index (χ3v) is 1.97. The summed E-state index contributed by atoms with van der Waals surface area (Å²) >= 11 is 1.70. The number of nitrogens with one attached hydrogen (secondary N) is 1. The number of halogens is 1. The normalized spacial score (nSPS) is 11.1. The molecule has 3 N–H and O–H groups in total. The van der Waals surface area contributed by atoms with E-state index in [1.807, 2.05) is 0 Å². The fourth-order valence-corrected chi connectivity index (χ4v) is 1.02. The molecule has 0 saturated carbocycles. The van der Waals surface area contributed by atoms with Crippen molar-refractivity contribution in [2.75, 3.05) is 5.32 Å². The van der Waals surface area contributed by atoms with Crippen LogP contribution in [0.4, 0.5) is 11.4 Å². The van der Waals surface area contributed by atoms with Gasteiger partial charge in [0.1, 0.15) is 5.69 Å². The van der Waals surface area contributed by atoms with Gasteiger partial charge in [-0.25, -0.2) is 0 Å². The zero-order valence-corrected chi connectivity index (χ0v) is 9.13. The quantitative estimate of drug-likeness (QED) is 0.286. The molecule has 0 aromatic heterocycles. The van der Waals surface area contributed by atoms with Crippen molar-refractivity contribution in [3.05, 3.63) is 34.4 Å². The molecule has 6 nitrogen and oxygen atoms in total. The molecule has 14 heavy (non-hydrogen) atoms. The van der Waals surface area contributed by atoms with Gasteiger partial charge < -0.3 is 11.1 Å². The summed E-state index contributed by atoms with van der Waals surface area (Å²) in [5.41, 5.74) is 5.68. The molecule has 1 aromatic rings.